The van der Waals surface area contributed by atoms with E-state index in [2.05, 4.69) is 5.32 Å². The minimum absolute atomic E-state index is 0.0394. The molecule has 0 radical (unpaired) electrons. The van der Waals surface area contributed by atoms with Crippen LogP contribution in [0.1, 0.15) is 0 Å². The molecule has 0 aromatic rings. The van der Waals surface area contributed by atoms with Crippen molar-refractivity contribution in [3.8, 4) is 0 Å². The molecule has 0 aliphatic carbocycles. The molecule has 0 aromatic heterocycles. The maximum Gasteiger partial charge on any atom is 0.255 e. The van der Waals surface area contributed by atoms with E-state index in [4.69, 9.17) is 5.73 Å². The highest BCUT2D eigenvalue weighted by Gasteiger charge is 2.26. The van der Waals surface area contributed by atoms with Gasteiger partial charge in [0.15, 0.2) is 0 Å². The standard InChI is InChI=1S/C7H15F2N3/c8-7(9)6(5-10)12-3-1-11-2-4-12/h6-7,11H,1-5,10H2. The predicted octanol–water partition coefficient (Wildman–Crippen LogP) is -0.516. The summed E-state index contributed by atoms with van der Waals surface area (Å²) >= 11 is 0. The van der Waals surface area contributed by atoms with Crippen molar-refractivity contribution in [1.82, 2.24) is 10.2 Å². The van der Waals surface area contributed by atoms with E-state index in [1.54, 1.807) is 4.90 Å². The van der Waals surface area contributed by atoms with Gasteiger partial charge < -0.3 is 11.1 Å². The van der Waals surface area contributed by atoms with Gasteiger partial charge in [-0.25, -0.2) is 8.78 Å². The number of nitrogens with one attached hydrogen (secondary N) is 1. The number of alkyl halides is 2. The van der Waals surface area contributed by atoms with Crippen molar-refractivity contribution < 1.29 is 8.78 Å². The third-order valence-corrected chi connectivity index (χ3v) is 2.15. The van der Waals surface area contributed by atoms with Crippen molar-refractivity contribution in [3.05, 3.63) is 0 Å². The summed E-state index contributed by atoms with van der Waals surface area (Å²) in [5.74, 6) is 0. The molecule has 0 spiro atoms. The molecular weight excluding hydrogens is 164 g/mol. The smallest absolute Gasteiger partial charge is 0.255 e. The summed E-state index contributed by atoms with van der Waals surface area (Å²) in [5, 5.41) is 3.11. The Morgan fingerprint density at radius 3 is 2.33 bits per heavy atom. The van der Waals surface area contributed by atoms with Gasteiger partial charge in [-0.3, -0.25) is 4.90 Å². The van der Waals surface area contributed by atoms with E-state index in [1.165, 1.54) is 0 Å². The Morgan fingerprint density at radius 1 is 1.33 bits per heavy atom. The monoisotopic (exact) mass is 179 g/mol. The average molecular weight is 179 g/mol. The van der Waals surface area contributed by atoms with Crippen LogP contribution in [-0.2, 0) is 0 Å². The maximum absolute atomic E-state index is 12.3. The van der Waals surface area contributed by atoms with Gasteiger partial charge in [-0.1, -0.05) is 0 Å². The largest absolute Gasteiger partial charge is 0.329 e. The van der Waals surface area contributed by atoms with Gasteiger partial charge in [-0.05, 0) is 0 Å². The van der Waals surface area contributed by atoms with Crippen molar-refractivity contribution in [2.45, 2.75) is 12.5 Å². The number of piperazine rings is 1. The average Bonchev–Trinajstić information content (AvgIpc) is 2.07. The van der Waals surface area contributed by atoms with Gasteiger partial charge in [0, 0.05) is 32.7 Å². The normalized spacial score (nSPS) is 23.0. The first-order valence-corrected chi connectivity index (χ1v) is 4.18. The van der Waals surface area contributed by atoms with Crippen molar-refractivity contribution in [3.63, 3.8) is 0 Å². The maximum atomic E-state index is 12.3. The first-order valence-electron chi connectivity index (χ1n) is 4.18. The Bertz CT molecular complexity index is 126. The molecule has 1 fully saturated rings. The minimum atomic E-state index is -2.33. The van der Waals surface area contributed by atoms with Gasteiger partial charge in [-0.2, -0.15) is 0 Å². The SMILES string of the molecule is NCC(C(F)F)N1CCNCC1. The molecule has 0 saturated carbocycles. The zero-order chi connectivity index (χ0) is 8.97. The zero-order valence-electron chi connectivity index (χ0n) is 6.97. The van der Waals surface area contributed by atoms with Crippen molar-refractivity contribution in [2.75, 3.05) is 32.7 Å². The molecule has 0 aromatic carbocycles. The fourth-order valence-electron chi connectivity index (χ4n) is 1.43. The lowest BCUT2D eigenvalue weighted by Crippen LogP contribution is -2.53. The van der Waals surface area contributed by atoms with E-state index in [-0.39, 0.29) is 6.54 Å². The summed E-state index contributed by atoms with van der Waals surface area (Å²) in [6, 6.07) is -0.757. The van der Waals surface area contributed by atoms with Crippen molar-refractivity contribution >= 4 is 0 Å². The molecule has 3 N–H and O–H groups in total. The van der Waals surface area contributed by atoms with Crippen molar-refractivity contribution in [2.24, 2.45) is 5.73 Å². The van der Waals surface area contributed by atoms with Gasteiger partial charge >= 0.3 is 0 Å². The second-order valence-corrected chi connectivity index (χ2v) is 2.92. The first kappa shape index (κ1) is 9.83. The molecule has 1 unspecified atom stereocenters. The molecule has 1 saturated heterocycles. The summed E-state index contributed by atoms with van der Waals surface area (Å²) in [5.41, 5.74) is 5.26. The molecule has 1 rings (SSSR count). The highest BCUT2D eigenvalue weighted by molar-refractivity contribution is 4.78. The Labute approximate surface area is 70.9 Å². The lowest BCUT2D eigenvalue weighted by molar-refractivity contribution is 0.0239. The number of hydrogen-bond acceptors (Lipinski definition) is 3. The number of halogens is 2. The highest BCUT2D eigenvalue weighted by Crippen LogP contribution is 2.09. The Morgan fingerprint density at radius 2 is 1.92 bits per heavy atom. The van der Waals surface area contributed by atoms with Crippen LogP contribution in [0.3, 0.4) is 0 Å². The van der Waals surface area contributed by atoms with Crippen LogP contribution in [0, 0.1) is 0 Å². The van der Waals surface area contributed by atoms with Crippen LogP contribution in [0.5, 0.6) is 0 Å². The van der Waals surface area contributed by atoms with Gasteiger partial charge in [-0.15, -0.1) is 0 Å². The number of hydrogen-bond donors (Lipinski definition) is 2. The van der Waals surface area contributed by atoms with E-state index >= 15 is 0 Å². The number of nitrogens with zero attached hydrogens (tertiary/aromatic N) is 1. The van der Waals surface area contributed by atoms with Crippen LogP contribution in [0.2, 0.25) is 0 Å². The lowest BCUT2D eigenvalue weighted by atomic mass is 10.2. The van der Waals surface area contributed by atoms with E-state index < -0.39 is 12.5 Å². The predicted molar refractivity (Wildman–Crippen MR) is 43.3 cm³/mol. The topological polar surface area (TPSA) is 41.3 Å². The summed E-state index contributed by atoms with van der Waals surface area (Å²) in [4.78, 5) is 1.75. The van der Waals surface area contributed by atoms with E-state index in [9.17, 15) is 8.78 Å². The zero-order valence-corrected chi connectivity index (χ0v) is 6.97. The lowest BCUT2D eigenvalue weighted by Gasteiger charge is -2.33. The summed E-state index contributed by atoms with van der Waals surface area (Å²) < 4.78 is 24.7. The molecule has 12 heavy (non-hydrogen) atoms. The fraction of sp³-hybridized carbons (Fsp3) is 1.00. The van der Waals surface area contributed by atoms with E-state index in [0.717, 1.165) is 13.1 Å². The number of nitrogens with two attached hydrogens (primary N) is 1. The van der Waals surface area contributed by atoms with E-state index in [0.29, 0.717) is 13.1 Å². The highest BCUT2D eigenvalue weighted by atomic mass is 19.3. The molecular formula is C7H15F2N3. The van der Waals surface area contributed by atoms with Crippen LogP contribution < -0.4 is 11.1 Å². The molecule has 5 heteroatoms. The Kier molecular flexibility index (Phi) is 3.84. The molecule has 0 bridgehead atoms. The van der Waals surface area contributed by atoms with Gasteiger partial charge in [0.25, 0.3) is 6.43 Å². The van der Waals surface area contributed by atoms with Crippen LogP contribution >= 0.6 is 0 Å². The third-order valence-electron chi connectivity index (χ3n) is 2.15. The molecule has 1 heterocycles. The number of rotatable bonds is 3. The first-order chi connectivity index (χ1) is 5.75. The molecule has 1 aliphatic rings. The van der Waals surface area contributed by atoms with Crippen molar-refractivity contribution in [1.29, 1.82) is 0 Å². The Balaban J connectivity index is 2.40. The molecule has 3 nitrogen and oxygen atoms in total. The van der Waals surface area contributed by atoms with Crippen LogP contribution in [-0.4, -0.2) is 50.1 Å². The van der Waals surface area contributed by atoms with Crippen LogP contribution in [0.4, 0.5) is 8.78 Å². The summed E-state index contributed by atoms with van der Waals surface area (Å²) in [6.45, 7) is 2.95. The minimum Gasteiger partial charge on any atom is -0.329 e. The second kappa shape index (κ2) is 4.69. The summed E-state index contributed by atoms with van der Waals surface area (Å²) in [6.07, 6.45) is -2.33. The third kappa shape index (κ3) is 2.36. The van der Waals surface area contributed by atoms with Crippen LogP contribution in [0.25, 0.3) is 0 Å². The molecule has 1 aliphatic heterocycles. The quantitative estimate of drug-likeness (QED) is 0.613. The fourth-order valence-corrected chi connectivity index (χ4v) is 1.43. The molecule has 1 atom stereocenters. The van der Waals surface area contributed by atoms with E-state index in [1.807, 2.05) is 0 Å². The van der Waals surface area contributed by atoms with Gasteiger partial charge in [0.2, 0.25) is 0 Å². The molecule has 72 valence electrons. The second-order valence-electron chi connectivity index (χ2n) is 2.92. The van der Waals surface area contributed by atoms with Crippen LogP contribution in [0.15, 0.2) is 0 Å². The Hall–Kier alpha value is -0.260. The van der Waals surface area contributed by atoms with Gasteiger partial charge in [0.1, 0.15) is 0 Å². The molecule has 0 amide bonds. The van der Waals surface area contributed by atoms with Gasteiger partial charge in [0.05, 0.1) is 6.04 Å². The summed E-state index contributed by atoms with van der Waals surface area (Å²) in [7, 11) is 0.